The Balaban J connectivity index is 1.84. The zero-order chi connectivity index (χ0) is 15.0. The lowest BCUT2D eigenvalue weighted by molar-refractivity contribution is -0.130. The van der Waals surface area contributed by atoms with E-state index >= 15 is 0 Å². The summed E-state index contributed by atoms with van der Waals surface area (Å²) in [5.41, 5.74) is 1.12. The summed E-state index contributed by atoms with van der Waals surface area (Å²) < 4.78 is 0. The number of rotatable bonds is 3. The van der Waals surface area contributed by atoms with Gasteiger partial charge < -0.3 is 4.90 Å². The quantitative estimate of drug-likeness (QED) is 0.781. The number of carbonyl (C=O) groups excluding carboxylic acids is 1. The molecule has 21 heavy (non-hydrogen) atoms. The third kappa shape index (κ3) is 2.63. The van der Waals surface area contributed by atoms with Gasteiger partial charge in [-0.1, -0.05) is 36.4 Å². The van der Waals surface area contributed by atoms with Crippen molar-refractivity contribution in [2.45, 2.75) is 18.3 Å². The van der Waals surface area contributed by atoms with Gasteiger partial charge in [-0.05, 0) is 29.3 Å². The summed E-state index contributed by atoms with van der Waals surface area (Å²) in [5, 5.41) is 2.39. The number of benzene rings is 2. The second kappa shape index (κ2) is 5.51. The van der Waals surface area contributed by atoms with Crippen molar-refractivity contribution in [2.75, 3.05) is 12.4 Å². The Bertz CT molecular complexity index is 683. The van der Waals surface area contributed by atoms with Gasteiger partial charge in [-0.25, -0.2) is 0 Å². The average molecular weight is 322 g/mol. The molecule has 0 radical (unpaired) electrons. The number of fused-ring (bicyclic) bond motifs is 1. The number of amides is 1. The van der Waals surface area contributed by atoms with Crippen LogP contribution in [0.15, 0.2) is 42.5 Å². The monoisotopic (exact) mass is 321 g/mol. The molecule has 1 aliphatic rings. The van der Waals surface area contributed by atoms with Crippen molar-refractivity contribution in [1.82, 2.24) is 4.90 Å². The zero-order valence-corrected chi connectivity index (χ0v) is 13.4. The molecule has 2 aromatic rings. The first-order chi connectivity index (χ1) is 10.0. The summed E-state index contributed by atoms with van der Waals surface area (Å²) in [6, 6.07) is 14.5. The van der Waals surface area contributed by atoms with Crippen LogP contribution in [0.25, 0.3) is 10.8 Å². The lowest BCUT2D eigenvalue weighted by Gasteiger charge is -2.19. The van der Waals surface area contributed by atoms with Gasteiger partial charge in [-0.15, -0.1) is 23.2 Å². The number of halogens is 2. The van der Waals surface area contributed by atoms with Crippen LogP contribution < -0.4 is 0 Å². The minimum absolute atomic E-state index is 0.00575. The molecule has 0 aliphatic carbocycles. The minimum atomic E-state index is -0.876. The van der Waals surface area contributed by atoms with Gasteiger partial charge in [0, 0.05) is 24.9 Å². The highest BCUT2D eigenvalue weighted by Crippen LogP contribution is 2.36. The zero-order valence-electron chi connectivity index (χ0n) is 11.9. The molecule has 1 fully saturated rings. The summed E-state index contributed by atoms with van der Waals surface area (Å²) in [6.07, 6.45) is 0. The van der Waals surface area contributed by atoms with Crippen molar-refractivity contribution in [3.8, 4) is 0 Å². The topological polar surface area (TPSA) is 20.3 Å². The molecule has 1 aliphatic heterocycles. The van der Waals surface area contributed by atoms with E-state index in [1.807, 2.05) is 17.0 Å². The van der Waals surface area contributed by atoms with Crippen LogP contribution in [-0.4, -0.2) is 28.1 Å². The lowest BCUT2D eigenvalue weighted by atomic mass is 9.99. The molecule has 2 aromatic carbocycles. The normalized spacial score (nSPS) is 25.8. The van der Waals surface area contributed by atoms with Crippen molar-refractivity contribution in [3.63, 3.8) is 0 Å². The predicted octanol–water partition coefficient (Wildman–Crippen LogP) is 4.03. The van der Waals surface area contributed by atoms with Crippen LogP contribution in [-0.2, 0) is 11.3 Å². The van der Waals surface area contributed by atoms with Crippen LogP contribution in [0.4, 0.5) is 0 Å². The Morgan fingerprint density at radius 1 is 1.24 bits per heavy atom. The third-order valence-corrected chi connectivity index (χ3v) is 5.13. The molecular formula is C17H17Cl2NO. The Hall–Kier alpha value is -1.25. The number of hydrogen-bond donors (Lipinski definition) is 0. The molecule has 0 unspecified atom stereocenters. The molecule has 4 heteroatoms. The Kier molecular flexibility index (Phi) is 3.85. The highest BCUT2D eigenvalue weighted by atomic mass is 35.5. The largest absolute Gasteiger partial charge is 0.336 e. The molecule has 3 rings (SSSR count). The SMILES string of the molecule is C[C@]1(Cl)C(=O)N(Cc2ccc3ccccc3c2)C[C@@H]1CCl. The smallest absolute Gasteiger partial charge is 0.244 e. The van der Waals surface area contributed by atoms with Gasteiger partial charge in [0.05, 0.1) is 0 Å². The summed E-state index contributed by atoms with van der Waals surface area (Å²) in [7, 11) is 0. The van der Waals surface area contributed by atoms with Gasteiger partial charge in [0.1, 0.15) is 4.87 Å². The van der Waals surface area contributed by atoms with E-state index in [0.29, 0.717) is 19.0 Å². The van der Waals surface area contributed by atoms with Crippen molar-refractivity contribution < 1.29 is 4.79 Å². The van der Waals surface area contributed by atoms with Crippen molar-refractivity contribution in [3.05, 3.63) is 48.0 Å². The van der Waals surface area contributed by atoms with E-state index < -0.39 is 4.87 Å². The standard InChI is InChI=1S/C17H17Cl2NO/c1-17(19)15(9-18)11-20(16(17)21)10-12-6-7-13-4-2-3-5-14(13)8-12/h2-8,15H,9-11H2,1H3/t15-,17+/m0/s1. The first-order valence-corrected chi connectivity index (χ1v) is 7.95. The van der Waals surface area contributed by atoms with Gasteiger partial charge in [-0.2, -0.15) is 0 Å². The summed E-state index contributed by atoms with van der Waals surface area (Å²) in [6.45, 7) is 2.97. The molecule has 0 saturated carbocycles. The Morgan fingerprint density at radius 2 is 1.95 bits per heavy atom. The second-order valence-electron chi connectivity index (χ2n) is 5.79. The molecule has 2 nitrogen and oxygen atoms in total. The van der Waals surface area contributed by atoms with Crippen LogP contribution in [0.5, 0.6) is 0 Å². The maximum absolute atomic E-state index is 12.4. The molecular weight excluding hydrogens is 305 g/mol. The van der Waals surface area contributed by atoms with E-state index in [1.54, 1.807) is 6.92 Å². The third-order valence-electron chi connectivity index (χ3n) is 4.29. The van der Waals surface area contributed by atoms with Crippen LogP contribution in [0, 0.1) is 5.92 Å². The van der Waals surface area contributed by atoms with Crippen LogP contribution >= 0.6 is 23.2 Å². The minimum Gasteiger partial charge on any atom is -0.336 e. The van der Waals surface area contributed by atoms with Crippen molar-refractivity contribution >= 4 is 39.9 Å². The Morgan fingerprint density at radius 3 is 2.62 bits per heavy atom. The highest BCUT2D eigenvalue weighted by molar-refractivity contribution is 6.36. The maximum atomic E-state index is 12.4. The van der Waals surface area contributed by atoms with Gasteiger partial charge in [-0.3, -0.25) is 4.79 Å². The summed E-state index contributed by atoms with van der Waals surface area (Å²) in [4.78, 5) is 13.3. The van der Waals surface area contributed by atoms with E-state index in [0.717, 1.165) is 5.56 Å². The molecule has 0 N–H and O–H groups in total. The molecule has 1 saturated heterocycles. The highest BCUT2D eigenvalue weighted by Gasteiger charge is 2.48. The van der Waals surface area contributed by atoms with Crippen molar-refractivity contribution in [1.29, 1.82) is 0 Å². The van der Waals surface area contributed by atoms with E-state index in [4.69, 9.17) is 23.2 Å². The van der Waals surface area contributed by atoms with Gasteiger partial charge >= 0.3 is 0 Å². The first-order valence-electron chi connectivity index (χ1n) is 7.04. The van der Waals surface area contributed by atoms with Crippen LogP contribution in [0.1, 0.15) is 12.5 Å². The Labute approximate surface area is 134 Å². The fraction of sp³-hybridized carbons (Fsp3) is 0.353. The van der Waals surface area contributed by atoms with Crippen LogP contribution in [0.3, 0.4) is 0 Å². The molecule has 0 aromatic heterocycles. The average Bonchev–Trinajstić information content (AvgIpc) is 2.70. The maximum Gasteiger partial charge on any atom is 0.244 e. The molecule has 110 valence electrons. The molecule has 0 bridgehead atoms. The number of alkyl halides is 2. The van der Waals surface area contributed by atoms with Crippen molar-refractivity contribution in [2.24, 2.45) is 5.92 Å². The molecule has 0 spiro atoms. The fourth-order valence-electron chi connectivity index (χ4n) is 2.89. The fourth-order valence-corrected chi connectivity index (χ4v) is 3.64. The summed E-state index contributed by atoms with van der Waals surface area (Å²) in [5.74, 6) is 0.372. The lowest BCUT2D eigenvalue weighted by Crippen LogP contribution is -2.35. The molecule has 1 amide bonds. The van der Waals surface area contributed by atoms with E-state index in [1.165, 1.54) is 10.8 Å². The number of hydrogen-bond acceptors (Lipinski definition) is 1. The number of carbonyl (C=O) groups is 1. The van der Waals surface area contributed by atoms with E-state index in [2.05, 4.69) is 30.3 Å². The van der Waals surface area contributed by atoms with E-state index in [9.17, 15) is 4.79 Å². The molecule has 1 heterocycles. The molecule has 2 atom stereocenters. The predicted molar refractivity (Wildman–Crippen MR) is 87.8 cm³/mol. The van der Waals surface area contributed by atoms with Gasteiger partial charge in [0.25, 0.3) is 0 Å². The van der Waals surface area contributed by atoms with Gasteiger partial charge in [0.2, 0.25) is 5.91 Å². The van der Waals surface area contributed by atoms with Gasteiger partial charge in [0.15, 0.2) is 0 Å². The van der Waals surface area contributed by atoms with E-state index in [-0.39, 0.29) is 11.8 Å². The first kappa shape index (κ1) is 14.7. The number of nitrogens with zero attached hydrogens (tertiary/aromatic N) is 1. The van der Waals surface area contributed by atoms with Crippen LogP contribution in [0.2, 0.25) is 0 Å². The second-order valence-corrected chi connectivity index (χ2v) is 6.89. The summed E-state index contributed by atoms with van der Waals surface area (Å²) >= 11 is 12.3. The number of likely N-dealkylation sites (tertiary alicyclic amines) is 1.